The lowest BCUT2D eigenvalue weighted by Crippen LogP contribution is -2.35. The molecule has 0 saturated heterocycles. The van der Waals surface area contributed by atoms with Gasteiger partial charge in [0.1, 0.15) is 5.76 Å². The molecule has 0 saturated carbocycles. The molecule has 1 aromatic carbocycles. The molecule has 5 nitrogen and oxygen atoms in total. The standard InChI is InChI=1S/C21H22N2O3S/c1-15-7-9-17(10-8-15)23(14-18-5-3-11-26-18)21(25)13-19(22-16(2)24)20-6-4-12-27-20/h3-12,19H,13-14H2,1-2H3,(H,22,24). The fraction of sp³-hybridized carbons (Fsp3) is 0.238. The molecule has 0 radical (unpaired) electrons. The van der Waals surface area contributed by atoms with Crippen molar-refractivity contribution in [2.24, 2.45) is 0 Å². The summed E-state index contributed by atoms with van der Waals surface area (Å²) in [5, 5.41) is 4.83. The number of hydrogen-bond donors (Lipinski definition) is 1. The smallest absolute Gasteiger partial charge is 0.229 e. The van der Waals surface area contributed by atoms with Crippen LogP contribution in [0.15, 0.2) is 64.6 Å². The second-order valence-corrected chi connectivity index (χ2v) is 7.35. The molecule has 2 heterocycles. The van der Waals surface area contributed by atoms with Gasteiger partial charge in [-0.25, -0.2) is 0 Å². The average Bonchev–Trinajstić information content (AvgIpc) is 3.33. The molecule has 2 amide bonds. The van der Waals surface area contributed by atoms with Crippen LogP contribution in [0.1, 0.15) is 35.6 Å². The summed E-state index contributed by atoms with van der Waals surface area (Å²) in [6, 6.07) is 15.0. The molecule has 2 aromatic heterocycles. The maximum atomic E-state index is 13.2. The number of hydrogen-bond acceptors (Lipinski definition) is 4. The highest BCUT2D eigenvalue weighted by atomic mass is 32.1. The number of thiophene rings is 1. The van der Waals surface area contributed by atoms with E-state index in [1.54, 1.807) is 17.2 Å². The maximum Gasteiger partial charge on any atom is 0.229 e. The maximum absolute atomic E-state index is 13.2. The van der Waals surface area contributed by atoms with Crippen LogP contribution in [0.4, 0.5) is 5.69 Å². The molecule has 27 heavy (non-hydrogen) atoms. The molecular weight excluding hydrogens is 360 g/mol. The summed E-state index contributed by atoms with van der Waals surface area (Å²) >= 11 is 1.53. The van der Waals surface area contributed by atoms with Crippen molar-refractivity contribution < 1.29 is 14.0 Å². The lowest BCUT2D eigenvalue weighted by Gasteiger charge is -2.25. The number of nitrogens with one attached hydrogen (secondary N) is 1. The van der Waals surface area contributed by atoms with E-state index in [2.05, 4.69) is 5.32 Å². The van der Waals surface area contributed by atoms with E-state index in [0.717, 1.165) is 16.1 Å². The number of carbonyl (C=O) groups is 2. The molecule has 0 spiro atoms. The first kappa shape index (κ1) is 18.9. The zero-order valence-electron chi connectivity index (χ0n) is 15.3. The predicted octanol–water partition coefficient (Wildman–Crippen LogP) is 4.45. The van der Waals surface area contributed by atoms with Gasteiger partial charge in [-0.3, -0.25) is 9.59 Å². The van der Waals surface area contributed by atoms with Gasteiger partial charge < -0.3 is 14.6 Å². The Kier molecular flexibility index (Phi) is 6.08. The fourth-order valence-electron chi connectivity index (χ4n) is 2.85. The molecule has 6 heteroatoms. The third-order valence-electron chi connectivity index (χ3n) is 4.18. The molecule has 0 aliphatic heterocycles. The molecule has 3 aromatic rings. The summed E-state index contributed by atoms with van der Waals surface area (Å²) in [5.74, 6) is 0.465. The van der Waals surface area contributed by atoms with Gasteiger partial charge in [0.2, 0.25) is 11.8 Å². The largest absolute Gasteiger partial charge is 0.467 e. The third kappa shape index (κ3) is 5.08. The van der Waals surface area contributed by atoms with Crippen LogP contribution in [0, 0.1) is 6.92 Å². The van der Waals surface area contributed by atoms with E-state index in [1.807, 2.05) is 54.8 Å². The van der Waals surface area contributed by atoms with Gasteiger partial charge in [-0.05, 0) is 42.6 Å². The lowest BCUT2D eigenvalue weighted by atomic mass is 10.1. The van der Waals surface area contributed by atoms with E-state index in [-0.39, 0.29) is 24.3 Å². The van der Waals surface area contributed by atoms with Crippen LogP contribution in [0.5, 0.6) is 0 Å². The van der Waals surface area contributed by atoms with Gasteiger partial charge in [0.15, 0.2) is 0 Å². The van der Waals surface area contributed by atoms with E-state index in [1.165, 1.54) is 18.3 Å². The Morgan fingerprint density at radius 2 is 1.93 bits per heavy atom. The van der Waals surface area contributed by atoms with E-state index >= 15 is 0 Å². The zero-order valence-corrected chi connectivity index (χ0v) is 16.2. The number of rotatable bonds is 7. The first-order chi connectivity index (χ1) is 13.0. The zero-order chi connectivity index (χ0) is 19.2. The van der Waals surface area contributed by atoms with E-state index in [4.69, 9.17) is 4.42 Å². The summed E-state index contributed by atoms with van der Waals surface area (Å²) in [5.41, 5.74) is 1.92. The van der Waals surface area contributed by atoms with Crippen molar-refractivity contribution in [1.82, 2.24) is 5.32 Å². The van der Waals surface area contributed by atoms with Gasteiger partial charge in [-0.15, -0.1) is 11.3 Å². The molecule has 0 aliphatic carbocycles. The van der Waals surface area contributed by atoms with Crippen LogP contribution in [-0.2, 0) is 16.1 Å². The third-order valence-corrected chi connectivity index (χ3v) is 5.17. The van der Waals surface area contributed by atoms with Crippen LogP contribution in [-0.4, -0.2) is 11.8 Å². The Morgan fingerprint density at radius 1 is 1.15 bits per heavy atom. The summed E-state index contributed by atoms with van der Waals surface area (Å²) < 4.78 is 5.44. The van der Waals surface area contributed by atoms with Crippen molar-refractivity contribution in [3.05, 3.63) is 76.4 Å². The topological polar surface area (TPSA) is 62.6 Å². The monoisotopic (exact) mass is 382 g/mol. The van der Waals surface area contributed by atoms with Crippen molar-refractivity contribution in [3.63, 3.8) is 0 Å². The van der Waals surface area contributed by atoms with Gasteiger partial charge >= 0.3 is 0 Å². The van der Waals surface area contributed by atoms with Crippen molar-refractivity contribution >= 4 is 28.8 Å². The summed E-state index contributed by atoms with van der Waals surface area (Å²) in [6.45, 7) is 3.81. The molecular formula is C21H22N2O3S. The SMILES string of the molecule is CC(=O)NC(CC(=O)N(Cc1ccco1)c1ccc(C)cc1)c1cccs1. The van der Waals surface area contributed by atoms with Gasteiger partial charge in [0, 0.05) is 17.5 Å². The highest BCUT2D eigenvalue weighted by Gasteiger charge is 2.24. The van der Waals surface area contributed by atoms with Crippen molar-refractivity contribution in [2.45, 2.75) is 32.9 Å². The minimum Gasteiger partial charge on any atom is -0.467 e. The molecule has 0 aliphatic rings. The van der Waals surface area contributed by atoms with Gasteiger partial charge in [-0.1, -0.05) is 23.8 Å². The number of nitrogens with zero attached hydrogens (tertiary/aromatic N) is 1. The molecule has 1 N–H and O–H groups in total. The molecule has 1 unspecified atom stereocenters. The molecule has 0 fully saturated rings. The van der Waals surface area contributed by atoms with Crippen LogP contribution in [0.25, 0.3) is 0 Å². The first-order valence-corrected chi connectivity index (χ1v) is 9.61. The highest BCUT2D eigenvalue weighted by Crippen LogP contribution is 2.26. The fourth-order valence-corrected chi connectivity index (χ4v) is 3.63. The summed E-state index contributed by atoms with van der Waals surface area (Å²) in [4.78, 5) is 27.5. The van der Waals surface area contributed by atoms with Crippen molar-refractivity contribution in [1.29, 1.82) is 0 Å². The van der Waals surface area contributed by atoms with Gasteiger partial charge in [0.05, 0.1) is 25.3 Å². The van der Waals surface area contributed by atoms with E-state index < -0.39 is 0 Å². The quantitative estimate of drug-likeness (QED) is 0.657. The molecule has 3 rings (SSSR count). The Hall–Kier alpha value is -2.86. The number of amides is 2. The predicted molar refractivity (Wildman–Crippen MR) is 107 cm³/mol. The van der Waals surface area contributed by atoms with Crippen molar-refractivity contribution in [2.75, 3.05) is 4.90 Å². The van der Waals surface area contributed by atoms with E-state index in [0.29, 0.717) is 12.3 Å². The number of aryl methyl sites for hydroxylation is 1. The van der Waals surface area contributed by atoms with Gasteiger partial charge in [-0.2, -0.15) is 0 Å². The summed E-state index contributed by atoms with van der Waals surface area (Å²) in [7, 11) is 0. The lowest BCUT2D eigenvalue weighted by molar-refractivity contribution is -0.121. The number of furan rings is 1. The minimum atomic E-state index is -0.348. The Bertz CT molecular complexity index is 871. The van der Waals surface area contributed by atoms with Crippen LogP contribution >= 0.6 is 11.3 Å². The number of benzene rings is 1. The Labute approximate surface area is 162 Å². The second-order valence-electron chi connectivity index (χ2n) is 6.37. The Balaban J connectivity index is 1.84. The second kappa shape index (κ2) is 8.68. The first-order valence-electron chi connectivity index (χ1n) is 8.73. The number of carbonyl (C=O) groups excluding carboxylic acids is 2. The number of anilines is 1. The molecule has 0 bridgehead atoms. The van der Waals surface area contributed by atoms with Gasteiger partial charge in [0.25, 0.3) is 0 Å². The van der Waals surface area contributed by atoms with Crippen LogP contribution < -0.4 is 10.2 Å². The Morgan fingerprint density at radius 3 is 2.52 bits per heavy atom. The van der Waals surface area contributed by atoms with Crippen LogP contribution in [0.3, 0.4) is 0 Å². The van der Waals surface area contributed by atoms with Crippen molar-refractivity contribution in [3.8, 4) is 0 Å². The summed E-state index contributed by atoms with van der Waals surface area (Å²) in [6.07, 6.45) is 1.77. The van der Waals surface area contributed by atoms with E-state index in [9.17, 15) is 9.59 Å². The van der Waals surface area contributed by atoms with Crippen LogP contribution in [0.2, 0.25) is 0 Å². The minimum absolute atomic E-state index is 0.0811. The highest BCUT2D eigenvalue weighted by molar-refractivity contribution is 7.10. The molecule has 140 valence electrons. The average molecular weight is 382 g/mol. The normalized spacial score (nSPS) is 11.8. The molecule has 1 atom stereocenters.